The SMILES string of the molecule is Cc1nc2ncnn2c(C)c1CCC(=O)N1CCN(Cc2ccc(OC(F)(F)F)cc2)CC1. The van der Waals surface area contributed by atoms with Gasteiger partial charge in [-0.25, -0.2) is 9.50 Å². The summed E-state index contributed by atoms with van der Waals surface area (Å²) in [5.41, 5.74) is 3.71. The Kier molecular flexibility index (Phi) is 6.50. The summed E-state index contributed by atoms with van der Waals surface area (Å²) in [5, 5.41) is 4.19. The zero-order valence-electron chi connectivity index (χ0n) is 18.5. The summed E-state index contributed by atoms with van der Waals surface area (Å²) in [5.74, 6) is 0.421. The molecule has 8 nitrogen and oxygen atoms in total. The molecule has 176 valence electrons. The molecule has 0 unspecified atom stereocenters. The maximum Gasteiger partial charge on any atom is 0.573 e. The summed E-state index contributed by atoms with van der Waals surface area (Å²) in [4.78, 5) is 25.4. The molecule has 0 aliphatic carbocycles. The Hall–Kier alpha value is -3.21. The summed E-state index contributed by atoms with van der Waals surface area (Å²) in [6.45, 7) is 7.13. The second-order valence-corrected chi connectivity index (χ2v) is 8.08. The van der Waals surface area contributed by atoms with E-state index in [1.165, 1.54) is 18.5 Å². The quantitative estimate of drug-likeness (QED) is 0.561. The van der Waals surface area contributed by atoms with Crippen LogP contribution in [0.25, 0.3) is 5.78 Å². The van der Waals surface area contributed by atoms with Gasteiger partial charge in [-0.2, -0.15) is 10.1 Å². The van der Waals surface area contributed by atoms with E-state index in [1.54, 1.807) is 16.6 Å². The van der Waals surface area contributed by atoms with Gasteiger partial charge in [0.05, 0.1) is 0 Å². The van der Waals surface area contributed by atoms with E-state index in [9.17, 15) is 18.0 Å². The minimum atomic E-state index is -4.69. The van der Waals surface area contributed by atoms with Gasteiger partial charge in [0.25, 0.3) is 5.78 Å². The Balaban J connectivity index is 1.26. The van der Waals surface area contributed by atoms with Crippen molar-refractivity contribution in [1.29, 1.82) is 0 Å². The van der Waals surface area contributed by atoms with Crippen LogP contribution in [0.2, 0.25) is 0 Å². The van der Waals surface area contributed by atoms with E-state index in [0.717, 1.165) is 22.5 Å². The molecule has 1 amide bonds. The molecule has 1 saturated heterocycles. The highest BCUT2D eigenvalue weighted by molar-refractivity contribution is 5.76. The number of fused-ring (bicyclic) bond motifs is 1. The first-order valence-electron chi connectivity index (χ1n) is 10.7. The Morgan fingerprint density at radius 1 is 1.09 bits per heavy atom. The van der Waals surface area contributed by atoms with Gasteiger partial charge < -0.3 is 9.64 Å². The fourth-order valence-electron chi connectivity index (χ4n) is 4.12. The number of amides is 1. The summed E-state index contributed by atoms with van der Waals surface area (Å²) in [6.07, 6.45) is -2.24. The molecule has 3 aromatic rings. The molecule has 11 heteroatoms. The van der Waals surface area contributed by atoms with Crippen LogP contribution in [0.3, 0.4) is 0 Å². The normalized spacial score (nSPS) is 15.2. The van der Waals surface area contributed by atoms with Gasteiger partial charge in [0.1, 0.15) is 12.1 Å². The highest BCUT2D eigenvalue weighted by Crippen LogP contribution is 2.23. The zero-order chi connectivity index (χ0) is 23.6. The van der Waals surface area contributed by atoms with E-state index in [4.69, 9.17) is 0 Å². The molecule has 4 rings (SSSR count). The third-order valence-electron chi connectivity index (χ3n) is 5.87. The molecule has 0 bridgehead atoms. The van der Waals surface area contributed by atoms with Crippen LogP contribution in [0.1, 0.15) is 28.9 Å². The van der Waals surface area contributed by atoms with Gasteiger partial charge in [0.15, 0.2) is 0 Å². The van der Waals surface area contributed by atoms with Gasteiger partial charge in [-0.1, -0.05) is 12.1 Å². The van der Waals surface area contributed by atoms with Crippen LogP contribution in [0.15, 0.2) is 30.6 Å². The van der Waals surface area contributed by atoms with Gasteiger partial charge in [-0.15, -0.1) is 13.2 Å². The molecule has 1 aliphatic rings. The Morgan fingerprint density at radius 3 is 2.45 bits per heavy atom. The number of piperazine rings is 1. The molecule has 0 spiro atoms. The molecule has 3 heterocycles. The molecule has 0 atom stereocenters. The first-order valence-corrected chi connectivity index (χ1v) is 10.7. The smallest absolute Gasteiger partial charge is 0.406 e. The minimum absolute atomic E-state index is 0.0980. The van der Waals surface area contributed by atoms with Crippen molar-refractivity contribution >= 4 is 11.7 Å². The van der Waals surface area contributed by atoms with E-state index in [0.29, 0.717) is 51.3 Å². The maximum absolute atomic E-state index is 12.8. The molecule has 1 fully saturated rings. The third kappa shape index (κ3) is 5.59. The standard InChI is InChI=1S/C22H25F3N6O2/c1-15-19(16(2)31-21(28-15)26-14-27-31)7-8-20(32)30-11-9-29(10-12-30)13-17-3-5-18(6-4-17)33-22(23,24)25/h3-6,14H,7-13H2,1-2H3. The van der Waals surface area contributed by atoms with Gasteiger partial charge in [0.2, 0.25) is 5.91 Å². The van der Waals surface area contributed by atoms with Crippen molar-refractivity contribution in [2.75, 3.05) is 26.2 Å². The zero-order valence-corrected chi connectivity index (χ0v) is 18.5. The van der Waals surface area contributed by atoms with Crippen molar-refractivity contribution in [1.82, 2.24) is 29.4 Å². The number of alkyl halides is 3. The number of aryl methyl sites for hydroxylation is 2. The second-order valence-electron chi connectivity index (χ2n) is 8.08. The number of carbonyl (C=O) groups excluding carboxylic acids is 1. The lowest BCUT2D eigenvalue weighted by Gasteiger charge is -2.35. The van der Waals surface area contributed by atoms with Crippen molar-refractivity contribution in [2.24, 2.45) is 0 Å². The van der Waals surface area contributed by atoms with E-state index >= 15 is 0 Å². The molecule has 0 radical (unpaired) electrons. The largest absolute Gasteiger partial charge is 0.573 e. The number of ether oxygens (including phenoxy) is 1. The monoisotopic (exact) mass is 462 g/mol. The molecule has 1 aromatic carbocycles. The average Bonchev–Trinajstić information content (AvgIpc) is 3.23. The highest BCUT2D eigenvalue weighted by Gasteiger charge is 2.31. The third-order valence-corrected chi connectivity index (χ3v) is 5.87. The molecule has 2 aromatic heterocycles. The van der Waals surface area contributed by atoms with Crippen molar-refractivity contribution in [3.63, 3.8) is 0 Å². The second kappa shape index (κ2) is 9.34. The summed E-state index contributed by atoms with van der Waals surface area (Å²) in [7, 11) is 0. The molecular formula is C22H25F3N6O2. The molecule has 0 N–H and O–H groups in total. The molecule has 0 saturated carbocycles. The topological polar surface area (TPSA) is 75.9 Å². The fourth-order valence-corrected chi connectivity index (χ4v) is 4.12. The van der Waals surface area contributed by atoms with Crippen LogP contribution in [0.5, 0.6) is 5.75 Å². The number of benzene rings is 1. The Morgan fingerprint density at radius 2 is 1.79 bits per heavy atom. The van der Waals surface area contributed by atoms with Crippen LogP contribution in [0.4, 0.5) is 13.2 Å². The van der Waals surface area contributed by atoms with E-state index in [-0.39, 0.29) is 11.7 Å². The van der Waals surface area contributed by atoms with Gasteiger partial charge in [-0.3, -0.25) is 9.69 Å². The van der Waals surface area contributed by atoms with Crippen molar-refractivity contribution in [3.05, 3.63) is 53.1 Å². The molecular weight excluding hydrogens is 437 g/mol. The summed E-state index contributed by atoms with van der Waals surface area (Å²) < 4.78 is 42.4. The first-order chi connectivity index (χ1) is 15.7. The van der Waals surface area contributed by atoms with E-state index in [2.05, 4.69) is 24.7 Å². The highest BCUT2D eigenvalue weighted by atomic mass is 19.4. The molecule has 1 aliphatic heterocycles. The average molecular weight is 462 g/mol. The van der Waals surface area contributed by atoms with Crippen molar-refractivity contribution in [3.8, 4) is 5.75 Å². The predicted octanol–water partition coefficient (Wildman–Crippen LogP) is 2.92. The first kappa shape index (κ1) is 23.0. The number of rotatable bonds is 6. The van der Waals surface area contributed by atoms with Crippen LogP contribution < -0.4 is 4.74 Å². The maximum atomic E-state index is 12.8. The number of nitrogens with zero attached hydrogens (tertiary/aromatic N) is 6. The van der Waals surface area contributed by atoms with Gasteiger partial charge >= 0.3 is 6.36 Å². The van der Waals surface area contributed by atoms with Crippen LogP contribution in [-0.4, -0.2) is 67.8 Å². The van der Waals surface area contributed by atoms with Gasteiger partial charge in [0, 0.05) is 50.5 Å². The van der Waals surface area contributed by atoms with Crippen molar-refractivity contribution < 1.29 is 22.7 Å². The van der Waals surface area contributed by atoms with E-state index in [1.807, 2.05) is 18.7 Å². The lowest BCUT2D eigenvalue weighted by atomic mass is 10.1. The lowest BCUT2D eigenvalue weighted by molar-refractivity contribution is -0.274. The number of aromatic nitrogens is 4. The Bertz CT molecular complexity index is 1120. The lowest BCUT2D eigenvalue weighted by Crippen LogP contribution is -2.48. The van der Waals surface area contributed by atoms with Crippen LogP contribution >= 0.6 is 0 Å². The fraction of sp³-hybridized carbons (Fsp3) is 0.455. The number of halogens is 3. The number of carbonyl (C=O) groups is 1. The van der Waals surface area contributed by atoms with Crippen molar-refractivity contribution in [2.45, 2.75) is 39.6 Å². The number of hydrogen-bond donors (Lipinski definition) is 0. The van der Waals surface area contributed by atoms with Crippen LogP contribution in [-0.2, 0) is 17.8 Å². The predicted molar refractivity (Wildman–Crippen MR) is 114 cm³/mol. The van der Waals surface area contributed by atoms with E-state index < -0.39 is 6.36 Å². The summed E-state index contributed by atoms with van der Waals surface area (Å²) in [6, 6.07) is 5.89. The summed E-state index contributed by atoms with van der Waals surface area (Å²) >= 11 is 0. The van der Waals surface area contributed by atoms with Crippen LogP contribution in [0, 0.1) is 13.8 Å². The van der Waals surface area contributed by atoms with Gasteiger partial charge in [-0.05, 0) is 43.5 Å². The Labute approximate surface area is 189 Å². The minimum Gasteiger partial charge on any atom is -0.406 e. The number of hydrogen-bond acceptors (Lipinski definition) is 6. The molecule has 33 heavy (non-hydrogen) atoms.